The van der Waals surface area contributed by atoms with Crippen LogP contribution in [-0.2, 0) is 11.2 Å². The summed E-state index contributed by atoms with van der Waals surface area (Å²) in [6.45, 7) is 0. The molecule has 0 unspecified atom stereocenters. The third kappa shape index (κ3) is 5.48. The smallest absolute Gasteiger partial charge is 0.227 e. The van der Waals surface area contributed by atoms with Gasteiger partial charge in [0.2, 0.25) is 17.6 Å². The van der Waals surface area contributed by atoms with Crippen molar-refractivity contribution >= 4 is 11.6 Å². The zero-order valence-electron chi connectivity index (χ0n) is 16.9. The number of nitrogens with one attached hydrogen (secondary N) is 1. The van der Waals surface area contributed by atoms with Crippen LogP contribution in [0.4, 0.5) is 5.69 Å². The summed E-state index contributed by atoms with van der Waals surface area (Å²) in [5.74, 6) is 2.96. The van der Waals surface area contributed by atoms with Crippen LogP contribution in [0.5, 0.6) is 17.2 Å². The molecule has 1 aromatic heterocycles. The Labute approximate surface area is 179 Å². The van der Waals surface area contributed by atoms with Crippen molar-refractivity contribution in [3.63, 3.8) is 0 Å². The Hall–Kier alpha value is -4.13. The summed E-state index contributed by atoms with van der Waals surface area (Å²) in [6.07, 6.45) is 0.580. The van der Waals surface area contributed by atoms with E-state index >= 15 is 0 Å². The van der Waals surface area contributed by atoms with Gasteiger partial charge in [0.25, 0.3) is 0 Å². The zero-order valence-corrected chi connectivity index (χ0v) is 16.9. The number of rotatable bonds is 8. The van der Waals surface area contributed by atoms with Crippen molar-refractivity contribution in [3.05, 3.63) is 84.8 Å². The fourth-order valence-electron chi connectivity index (χ4n) is 2.89. The molecule has 0 aliphatic carbocycles. The van der Waals surface area contributed by atoms with Crippen LogP contribution in [0.2, 0.25) is 0 Å². The van der Waals surface area contributed by atoms with Gasteiger partial charge in [-0.15, -0.1) is 0 Å². The summed E-state index contributed by atoms with van der Waals surface area (Å²) in [5.41, 5.74) is 1.51. The lowest BCUT2D eigenvalue weighted by molar-refractivity contribution is -0.116. The highest BCUT2D eigenvalue weighted by molar-refractivity contribution is 5.90. The van der Waals surface area contributed by atoms with Crippen LogP contribution >= 0.6 is 0 Å². The maximum absolute atomic E-state index is 12.3. The summed E-state index contributed by atoms with van der Waals surface area (Å²) in [6, 6.07) is 24.1. The molecule has 4 rings (SSSR count). The van der Waals surface area contributed by atoms with Crippen LogP contribution in [0.15, 0.2) is 83.4 Å². The van der Waals surface area contributed by atoms with E-state index in [2.05, 4.69) is 15.5 Å². The van der Waals surface area contributed by atoms with E-state index in [-0.39, 0.29) is 12.3 Å². The van der Waals surface area contributed by atoms with E-state index in [1.165, 1.54) is 0 Å². The molecule has 0 bridgehead atoms. The molecule has 0 radical (unpaired) electrons. The first-order valence-corrected chi connectivity index (χ1v) is 9.79. The molecule has 0 fully saturated rings. The molecule has 0 atom stereocenters. The average molecular weight is 415 g/mol. The summed E-state index contributed by atoms with van der Waals surface area (Å²) in [7, 11) is 1.61. The van der Waals surface area contributed by atoms with E-state index in [0.29, 0.717) is 29.6 Å². The molecule has 4 aromatic rings. The Morgan fingerprint density at radius 2 is 1.58 bits per heavy atom. The number of carbonyl (C=O) groups excluding carboxylic acids is 1. The predicted octanol–water partition coefficient (Wildman–Crippen LogP) is 5.11. The molecule has 0 aliphatic heterocycles. The topological polar surface area (TPSA) is 86.5 Å². The number of hydrogen-bond acceptors (Lipinski definition) is 6. The number of methoxy groups -OCH3 is 1. The molecule has 0 saturated heterocycles. The maximum Gasteiger partial charge on any atom is 0.227 e. The summed E-state index contributed by atoms with van der Waals surface area (Å²) in [4.78, 5) is 16.6. The summed E-state index contributed by atoms with van der Waals surface area (Å²) >= 11 is 0. The van der Waals surface area contributed by atoms with Gasteiger partial charge in [-0.05, 0) is 60.7 Å². The van der Waals surface area contributed by atoms with Crippen LogP contribution < -0.4 is 14.8 Å². The van der Waals surface area contributed by atoms with Gasteiger partial charge in [-0.3, -0.25) is 4.79 Å². The van der Waals surface area contributed by atoms with E-state index in [4.69, 9.17) is 14.0 Å². The van der Waals surface area contributed by atoms with Crippen molar-refractivity contribution in [2.45, 2.75) is 12.8 Å². The Kier molecular flexibility index (Phi) is 6.23. The van der Waals surface area contributed by atoms with Gasteiger partial charge < -0.3 is 19.3 Å². The molecule has 0 saturated carbocycles. The molecular weight excluding hydrogens is 394 g/mol. The lowest BCUT2D eigenvalue weighted by Crippen LogP contribution is -2.12. The Morgan fingerprint density at radius 1 is 0.903 bits per heavy atom. The first kappa shape index (κ1) is 20.2. The largest absolute Gasteiger partial charge is 0.497 e. The van der Waals surface area contributed by atoms with Gasteiger partial charge >= 0.3 is 0 Å². The van der Waals surface area contributed by atoms with Crippen LogP contribution in [0.1, 0.15) is 12.3 Å². The maximum atomic E-state index is 12.3. The van der Waals surface area contributed by atoms with Crippen LogP contribution in [0.25, 0.3) is 11.4 Å². The number of aryl methyl sites for hydroxylation is 1. The van der Waals surface area contributed by atoms with Crippen molar-refractivity contribution in [2.75, 3.05) is 12.4 Å². The molecule has 1 heterocycles. The first-order valence-electron chi connectivity index (χ1n) is 9.79. The van der Waals surface area contributed by atoms with Crippen molar-refractivity contribution in [1.29, 1.82) is 0 Å². The number of aromatic nitrogens is 2. The number of benzene rings is 3. The van der Waals surface area contributed by atoms with Crippen molar-refractivity contribution in [3.8, 4) is 28.6 Å². The van der Waals surface area contributed by atoms with E-state index in [9.17, 15) is 4.79 Å². The van der Waals surface area contributed by atoms with Gasteiger partial charge in [-0.25, -0.2) is 0 Å². The molecule has 0 spiro atoms. The Bertz CT molecular complexity index is 1120. The zero-order chi connectivity index (χ0) is 21.5. The highest BCUT2D eigenvalue weighted by Crippen LogP contribution is 2.23. The fraction of sp³-hybridized carbons (Fsp3) is 0.125. The van der Waals surface area contributed by atoms with Crippen LogP contribution in [-0.4, -0.2) is 23.2 Å². The number of carbonyl (C=O) groups is 1. The molecule has 0 aliphatic rings. The van der Waals surface area contributed by atoms with Crippen LogP contribution in [0, 0.1) is 0 Å². The number of para-hydroxylation sites is 1. The second-order valence-electron chi connectivity index (χ2n) is 6.73. The minimum absolute atomic E-state index is 0.138. The number of amides is 1. The lowest BCUT2D eigenvalue weighted by Gasteiger charge is -2.07. The second-order valence-corrected chi connectivity index (χ2v) is 6.73. The summed E-state index contributed by atoms with van der Waals surface area (Å²) < 4.78 is 16.1. The highest BCUT2D eigenvalue weighted by Gasteiger charge is 2.11. The van der Waals surface area contributed by atoms with Gasteiger partial charge in [-0.2, -0.15) is 4.98 Å². The first-order chi connectivity index (χ1) is 15.2. The van der Waals surface area contributed by atoms with Gasteiger partial charge in [0.15, 0.2) is 0 Å². The minimum Gasteiger partial charge on any atom is -0.497 e. The number of hydrogen-bond donors (Lipinski definition) is 1. The molecule has 156 valence electrons. The Balaban J connectivity index is 1.28. The molecular formula is C24H21N3O4. The number of nitrogens with zero attached hydrogens (tertiary/aromatic N) is 2. The molecule has 1 N–H and O–H groups in total. The van der Waals surface area contributed by atoms with Gasteiger partial charge in [0, 0.05) is 24.1 Å². The van der Waals surface area contributed by atoms with E-state index < -0.39 is 0 Å². The number of anilines is 1. The Morgan fingerprint density at radius 3 is 2.29 bits per heavy atom. The van der Waals surface area contributed by atoms with Crippen molar-refractivity contribution < 1.29 is 18.8 Å². The molecule has 1 amide bonds. The third-order valence-corrected chi connectivity index (χ3v) is 4.50. The molecule has 31 heavy (non-hydrogen) atoms. The van der Waals surface area contributed by atoms with Crippen molar-refractivity contribution in [2.24, 2.45) is 0 Å². The fourth-order valence-corrected chi connectivity index (χ4v) is 2.89. The standard InChI is InChI=1S/C24H21N3O4/c1-29-19-11-7-17(8-12-19)24-26-23(31-27-24)16-15-22(28)25-18-9-13-21(14-10-18)30-20-5-3-2-4-6-20/h2-14H,15-16H2,1H3,(H,25,28). The van der Waals surface area contributed by atoms with Crippen molar-refractivity contribution in [1.82, 2.24) is 10.1 Å². The van der Waals surface area contributed by atoms with Gasteiger partial charge in [0.05, 0.1) is 7.11 Å². The highest BCUT2D eigenvalue weighted by atomic mass is 16.5. The SMILES string of the molecule is COc1ccc(-c2noc(CCC(=O)Nc3ccc(Oc4ccccc4)cc3)n2)cc1. The molecule has 7 heteroatoms. The number of ether oxygens (including phenoxy) is 2. The van der Waals surface area contributed by atoms with Gasteiger partial charge in [0.1, 0.15) is 17.2 Å². The van der Waals surface area contributed by atoms with E-state index in [0.717, 1.165) is 17.1 Å². The summed E-state index contributed by atoms with van der Waals surface area (Å²) in [5, 5.41) is 6.83. The average Bonchev–Trinajstić information content (AvgIpc) is 3.29. The lowest BCUT2D eigenvalue weighted by atomic mass is 10.2. The predicted molar refractivity (Wildman–Crippen MR) is 116 cm³/mol. The van der Waals surface area contributed by atoms with Gasteiger partial charge in [-0.1, -0.05) is 23.4 Å². The third-order valence-electron chi connectivity index (χ3n) is 4.50. The molecule has 7 nitrogen and oxygen atoms in total. The minimum atomic E-state index is -0.138. The van der Waals surface area contributed by atoms with E-state index in [1.54, 1.807) is 19.2 Å². The second kappa shape index (κ2) is 9.58. The molecule has 3 aromatic carbocycles. The quantitative estimate of drug-likeness (QED) is 0.430. The normalized spacial score (nSPS) is 10.5. The monoisotopic (exact) mass is 415 g/mol. The van der Waals surface area contributed by atoms with Crippen LogP contribution in [0.3, 0.4) is 0 Å². The van der Waals surface area contributed by atoms with E-state index in [1.807, 2.05) is 66.7 Å².